The average Bonchev–Trinajstić information content (AvgIpc) is 2.28. The van der Waals surface area contributed by atoms with E-state index < -0.39 is 0 Å². The Hall–Kier alpha value is -2.10. The van der Waals surface area contributed by atoms with E-state index in [1.807, 2.05) is 24.1 Å². The Morgan fingerprint density at radius 1 is 1.19 bits per heavy atom. The van der Waals surface area contributed by atoms with Crippen molar-refractivity contribution in [2.75, 3.05) is 17.7 Å². The summed E-state index contributed by atoms with van der Waals surface area (Å²) in [6.45, 7) is 0. The topological polar surface area (TPSA) is 42.2 Å². The molecule has 2 aromatic rings. The molecule has 16 heavy (non-hydrogen) atoms. The van der Waals surface area contributed by atoms with E-state index in [4.69, 9.17) is 5.73 Å². The number of halogens is 1. The Balaban J connectivity index is 2.35. The molecule has 0 aliphatic rings. The monoisotopic (exact) mass is 217 g/mol. The number of benzene rings is 1. The molecule has 0 unspecified atom stereocenters. The highest BCUT2D eigenvalue weighted by atomic mass is 19.1. The number of aromatic nitrogens is 1. The molecule has 2 N–H and O–H groups in total. The number of nitrogens with two attached hydrogens (primary N) is 1. The van der Waals surface area contributed by atoms with Crippen LogP contribution in [0.1, 0.15) is 0 Å². The van der Waals surface area contributed by atoms with E-state index in [0.29, 0.717) is 5.82 Å². The van der Waals surface area contributed by atoms with Crippen molar-refractivity contribution in [3.05, 3.63) is 48.4 Å². The third kappa shape index (κ3) is 2.11. The van der Waals surface area contributed by atoms with Crippen LogP contribution >= 0.6 is 0 Å². The van der Waals surface area contributed by atoms with Gasteiger partial charge in [0.05, 0.1) is 0 Å². The van der Waals surface area contributed by atoms with Crippen LogP contribution in [0.2, 0.25) is 0 Å². The molecule has 0 bridgehead atoms. The fraction of sp³-hybridized carbons (Fsp3) is 0.0833. The van der Waals surface area contributed by atoms with Gasteiger partial charge in [-0.05, 0) is 24.3 Å². The van der Waals surface area contributed by atoms with Crippen LogP contribution < -0.4 is 10.6 Å². The van der Waals surface area contributed by atoms with E-state index in [9.17, 15) is 4.39 Å². The Morgan fingerprint density at radius 2 is 1.94 bits per heavy atom. The van der Waals surface area contributed by atoms with Gasteiger partial charge in [0.1, 0.15) is 11.6 Å². The van der Waals surface area contributed by atoms with Crippen molar-refractivity contribution in [1.29, 1.82) is 0 Å². The van der Waals surface area contributed by atoms with Gasteiger partial charge in [-0.3, -0.25) is 0 Å². The number of nitrogens with zero attached hydrogens (tertiary/aromatic N) is 2. The third-order valence-corrected chi connectivity index (χ3v) is 2.35. The second-order valence-electron chi connectivity index (χ2n) is 3.48. The first kappa shape index (κ1) is 10.4. The standard InChI is InChI=1S/C12H12FN3/c1-16(10-4-2-3-9(13)7-10)11-5-6-15-12(14)8-11/h2-8H,1H3,(H2,14,15). The van der Waals surface area contributed by atoms with Crippen LogP contribution in [0.15, 0.2) is 42.6 Å². The second-order valence-corrected chi connectivity index (χ2v) is 3.48. The van der Waals surface area contributed by atoms with Gasteiger partial charge in [0.2, 0.25) is 0 Å². The zero-order valence-electron chi connectivity index (χ0n) is 8.89. The first-order chi connectivity index (χ1) is 7.66. The molecule has 0 atom stereocenters. The first-order valence-corrected chi connectivity index (χ1v) is 4.87. The van der Waals surface area contributed by atoms with Gasteiger partial charge in [-0.25, -0.2) is 9.37 Å². The summed E-state index contributed by atoms with van der Waals surface area (Å²) in [5.74, 6) is 0.187. The number of anilines is 3. The fourth-order valence-corrected chi connectivity index (χ4v) is 1.48. The molecule has 0 saturated carbocycles. The maximum absolute atomic E-state index is 13.1. The van der Waals surface area contributed by atoms with E-state index >= 15 is 0 Å². The van der Waals surface area contributed by atoms with Crippen molar-refractivity contribution in [1.82, 2.24) is 4.98 Å². The largest absolute Gasteiger partial charge is 0.384 e. The smallest absolute Gasteiger partial charge is 0.125 e. The molecule has 1 aromatic carbocycles. The summed E-state index contributed by atoms with van der Waals surface area (Å²) in [5.41, 5.74) is 7.23. The van der Waals surface area contributed by atoms with Gasteiger partial charge in [0.15, 0.2) is 0 Å². The first-order valence-electron chi connectivity index (χ1n) is 4.87. The lowest BCUT2D eigenvalue weighted by Crippen LogP contribution is -2.10. The van der Waals surface area contributed by atoms with Crippen molar-refractivity contribution in [3.8, 4) is 0 Å². The van der Waals surface area contributed by atoms with E-state index in [1.165, 1.54) is 12.1 Å². The lowest BCUT2D eigenvalue weighted by Gasteiger charge is -2.19. The number of rotatable bonds is 2. The Labute approximate surface area is 93.3 Å². The normalized spacial score (nSPS) is 10.1. The zero-order valence-corrected chi connectivity index (χ0v) is 8.89. The summed E-state index contributed by atoms with van der Waals surface area (Å²) < 4.78 is 13.1. The van der Waals surface area contributed by atoms with Crippen LogP contribution in [-0.4, -0.2) is 12.0 Å². The highest BCUT2D eigenvalue weighted by Gasteiger charge is 2.04. The molecule has 0 aliphatic heterocycles. The van der Waals surface area contributed by atoms with Crippen molar-refractivity contribution < 1.29 is 4.39 Å². The van der Waals surface area contributed by atoms with Gasteiger partial charge in [-0.2, -0.15) is 0 Å². The van der Waals surface area contributed by atoms with Gasteiger partial charge >= 0.3 is 0 Å². The molecule has 82 valence electrons. The van der Waals surface area contributed by atoms with E-state index in [-0.39, 0.29) is 5.82 Å². The molecule has 4 heteroatoms. The van der Waals surface area contributed by atoms with Gasteiger partial charge < -0.3 is 10.6 Å². The molecule has 1 heterocycles. The van der Waals surface area contributed by atoms with Crippen LogP contribution in [0.4, 0.5) is 21.6 Å². The lowest BCUT2D eigenvalue weighted by molar-refractivity contribution is 0.628. The Morgan fingerprint density at radius 3 is 2.62 bits per heavy atom. The zero-order chi connectivity index (χ0) is 11.5. The molecule has 3 nitrogen and oxygen atoms in total. The molecule has 0 saturated heterocycles. The molecule has 0 radical (unpaired) electrons. The maximum atomic E-state index is 13.1. The number of hydrogen-bond acceptors (Lipinski definition) is 3. The summed E-state index contributed by atoms with van der Waals surface area (Å²) in [7, 11) is 1.85. The van der Waals surface area contributed by atoms with Crippen LogP contribution in [0.3, 0.4) is 0 Å². The molecule has 0 spiro atoms. The number of hydrogen-bond donors (Lipinski definition) is 1. The summed E-state index contributed by atoms with van der Waals surface area (Å²) in [5, 5.41) is 0. The summed E-state index contributed by atoms with van der Waals surface area (Å²) in [6.07, 6.45) is 1.63. The van der Waals surface area contributed by atoms with Gasteiger partial charge in [0, 0.05) is 30.7 Å². The van der Waals surface area contributed by atoms with Crippen molar-refractivity contribution in [2.24, 2.45) is 0 Å². The van der Waals surface area contributed by atoms with Gasteiger partial charge in [-0.1, -0.05) is 6.07 Å². The molecule has 0 amide bonds. The quantitative estimate of drug-likeness (QED) is 0.840. The van der Waals surface area contributed by atoms with E-state index in [1.54, 1.807) is 18.3 Å². The summed E-state index contributed by atoms with van der Waals surface area (Å²) in [6, 6.07) is 9.95. The van der Waals surface area contributed by atoms with Crippen LogP contribution in [0, 0.1) is 5.82 Å². The van der Waals surface area contributed by atoms with Crippen LogP contribution in [-0.2, 0) is 0 Å². The fourth-order valence-electron chi connectivity index (χ4n) is 1.48. The molecule has 0 aliphatic carbocycles. The van der Waals surface area contributed by atoms with Crippen LogP contribution in [0.5, 0.6) is 0 Å². The van der Waals surface area contributed by atoms with Gasteiger partial charge in [-0.15, -0.1) is 0 Å². The Bertz CT molecular complexity index is 454. The molecular weight excluding hydrogens is 205 g/mol. The highest BCUT2D eigenvalue weighted by molar-refractivity contribution is 5.64. The van der Waals surface area contributed by atoms with E-state index in [0.717, 1.165) is 11.4 Å². The van der Waals surface area contributed by atoms with Crippen LogP contribution in [0.25, 0.3) is 0 Å². The van der Waals surface area contributed by atoms with E-state index in [2.05, 4.69) is 4.98 Å². The number of pyridine rings is 1. The minimum Gasteiger partial charge on any atom is -0.384 e. The third-order valence-electron chi connectivity index (χ3n) is 2.35. The summed E-state index contributed by atoms with van der Waals surface area (Å²) in [4.78, 5) is 5.76. The van der Waals surface area contributed by atoms with Gasteiger partial charge in [0.25, 0.3) is 0 Å². The number of nitrogen functional groups attached to an aromatic ring is 1. The maximum Gasteiger partial charge on any atom is 0.125 e. The van der Waals surface area contributed by atoms with Crippen molar-refractivity contribution >= 4 is 17.2 Å². The highest BCUT2D eigenvalue weighted by Crippen LogP contribution is 2.24. The van der Waals surface area contributed by atoms with Crippen molar-refractivity contribution in [3.63, 3.8) is 0 Å². The minimum atomic E-state index is -0.258. The molecule has 1 aromatic heterocycles. The summed E-state index contributed by atoms with van der Waals surface area (Å²) >= 11 is 0. The molecular formula is C12H12FN3. The van der Waals surface area contributed by atoms with Crippen molar-refractivity contribution in [2.45, 2.75) is 0 Å². The lowest BCUT2D eigenvalue weighted by atomic mass is 10.2. The minimum absolute atomic E-state index is 0.258. The predicted octanol–water partition coefficient (Wildman–Crippen LogP) is 2.57. The second kappa shape index (κ2) is 4.18. The SMILES string of the molecule is CN(c1cccc(F)c1)c1ccnc(N)c1. The average molecular weight is 217 g/mol. The molecule has 0 fully saturated rings. The Kier molecular flexibility index (Phi) is 2.72. The predicted molar refractivity (Wildman–Crippen MR) is 63.1 cm³/mol. The molecule has 2 rings (SSSR count).